The van der Waals surface area contributed by atoms with Gasteiger partial charge in [0.15, 0.2) is 0 Å². The van der Waals surface area contributed by atoms with E-state index in [9.17, 15) is 0 Å². The lowest BCUT2D eigenvalue weighted by Gasteiger charge is -2.12. The molecule has 45 heavy (non-hydrogen) atoms. The Morgan fingerprint density at radius 3 is 1.62 bits per heavy atom. The predicted molar refractivity (Wildman–Crippen MR) is 190 cm³/mol. The van der Waals surface area contributed by atoms with E-state index in [1.54, 1.807) is 0 Å². The summed E-state index contributed by atoms with van der Waals surface area (Å²) in [4.78, 5) is 9.73. The van der Waals surface area contributed by atoms with Crippen molar-refractivity contribution in [3.63, 3.8) is 0 Å². The molecule has 0 atom stereocenters. The van der Waals surface area contributed by atoms with Crippen LogP contribution >= 0.6 is 0 Å². The van der Waals surface area contributed by atoms with Gasteiger partial charge in [-0.2, -0.15) is 0 Å². The summed E-state index contributed by atoms with van der Waals surface area (Å²) in [5.74, 6) is 1.63. The van der Waals surface area contributed by atoms with E-state index < -0.39 is 0 Å². The number of hydrogen-bond donors (Lipinski definition) is 0. The summed E-state index contributed by atoms with van der Waals surface area (Å²) in [7, 11) is 0. The average Bonchev–Trinajstić information content (AvgIpc) is 3.79. The van der Waals surface area contributed by atoms with Crippen LogP contribution < -0.4 is 0 Å². The van der Waals surface area contributed by atoms with Gasteiger partial charge in [-0.1, -0.05) is 141 Å². The van der Waals surface area contributed by atoms with Crippen LogP contribution in [0.3, 0.4) is 0 Å². The number of hydrogen-bond acceptors (Lipinski definition) is 2. The summed E-state index contributed by atoms with van der Waals surface area (Å²) in [5, 5.41) is 7.53. The van der Waals surface area contributed by atoms with Crippen LogP contribution in [-0.4, -0.2) is 14.5 Å². The van der Waals surface area contributed by atoms with E-state index in [1.165, 1.54) is 75.5 Å². The van der Waals surface area contributed by atoms with E-state index in [2.05, 4.69) is 138 Å². The van der Waals surface area contributed by atoms with Gasteiger partial charge in [0, 0.05) is 22.4 Å². The van der Waals surface area contributed by atoms with Crippen LogP contribution in [0.2, 0.25) is 0 Å². The van der Waals surface area contributed by atoms with E-state index in [-0.39, 0.29) is 0 Å². The molecule has 6 aromatic carbocycles. The molecule has 2 aromatic heterocycles. The van der Waals surface area contributed by atoms with Gasteiger partial charge >= 0.3 is 0 Å². The third kappa shape index (κ3) is 5.05. The number of aryl methyl sites for hydroxylation is 1. The van der Waals surface area contributed by atoms with Gasteiger partial charge in [0.2, 0.25) is 0 Å². The topological polar surface area (TPSA) is 30.7 Å². The first-order chi connectivity index (χ1) is 22.2. The maximum absolute atomic E-state index is 4.88. The van der Waals surface area contributed by atoms with Gasteiger partial charge in [-0.05, 0) is 57.8 Å². The summed E-state index contributed by atoms with van der Waals surface area (Å²) >= 11 is 0. The Balaban J connectivity index is 0.000000550. The molecule has 0 aliphatic heterocycles. The smallest absolute Gasteiger partial charge is 0.141 e. The first-order valence-electron chi connectivity index (χ1n) is 16.1. The normalized spacial score (nSPS) is 13.0. The molecule has 0 spiro atoms. The first-order valence-corrected chi connectivity index (χ1v) is 16.1. The zero-order valence-corrected chi connectivity index (χ0v) is 25.6. The number of aromatic nitrogens is 3. The zero-order chi connectivity index (χ0) is 30.2. The number of fused-ring (bicyclic) bond motifs is 6. The summed E-state index contributed by atoms with van der Waals surface area (Å²) in [6.45, 7) is 1.97. The summed E-state index contributed by atoms with van der Waals surface area (Å²) in [6, 6.07) is 47.5. The highest BCUT2D eigenvalue weighted by Crippen LogP contribution is 2.36. The molecular weight excluding hydrogens is 546 g/mol. The summed E-state index contributed by atoms with van der Waals surface area (Å²) in [6.07, 6.45) is 7.50. The van der Waals surface area contributed by atoms with E-state index in [4.69, 9.17) is 9.97 Å². The monoisotopic (exact) mass is 581 g/mol. The van der Waals surface area contributed by atoms with Gasteiger partial charge < -0.3 is 0 Å². The van der Waals surface area contributed by atoms with E-state index in [0.717, 1.165) is 33.9 Å². The van der Waals surface area contributed by atoms with Crippen LogP contribution in [0.4, 0.5) is 0 Å². The molecule has 0 amide bonds. The Morgan fingerprint density at radius 2 is 0.978 bits per heavy atom. The second-order valence-corrected chi connectivity index (χ2v) is 12.1. The van der Waals surface area contributed by atoms with Gasteiger partial charge in [-0.3, -0.25) is 4.57 Å². The van der Waals surface area contributed by atoms with Crippen LogP contribution in [0, 0.1) is 6.92 Å². The molecular formula is C42H35N3. The van der Waals surface area contributed by atoms with Crippen molar-refractivity contribution in [1.29, 1.82) is 0 Å². The fourth-order valence-corrected chi connectivity index (χ4v) is 6.98. The quantitative estimate of drug-likeness (QED) is 0.194. The molecule has 0 saturated heterocycles. The molecule has 9 rings (SSSR count). The Morgan fingerprint density at radius 1 is 0.467 bits per heavy atom. The van der Waals surface area contributed by atoms with Gasteiger partial charge in [0.25, 0.3) is 0 Å². The number of nitrogens with zero attached hydrogens (tertiary/aromatic N) is 3. The molecule has 1 aliphatic rings. The molecule has 8 aromatic rings. The minimum absolute atomic E-state index is 0.749. The highest BCUT2D eigenvalue weighted by molar-refractivity contribution is 6.14. The average molecular weight is 582 g/mol. The minimum atomic E-state index is 0.749. The Labute approximate surface area is 263 Å². The standard InChI is InChI=1S/C37H25N3.C5H10/c1-24-38-34(23-37(39-24)40-35-16-8-6-14-31(35)32-15-7-9-17-36(32)40)26-20-18-25(19-21-26)33-22-27-10-2-3-11-28(27)29-12-4-5-13-30(29)33;1-2-4-5-3-1/h2-23H,1H3;1-5H2. The minimum Gasteiger partial charge on any atom is -0.294 e. The van der Waals surface area contributed by atoms with Crippen LogP contribution in [-0.2, 0) is 0 Å². The Hall–Kier alpha value is -5.28. The third-order valence-corrected chi connectivity index (χ3v) is 9.14. The summed E-state index contributed by atoms with van der Waals surface area (Å²) < 4.78 is 2.25. The van der Waals surface area contributed by atoms with Crippen molar-refractivity contribution < 1.29 is 0 Å². The van der Waals surface area contributed by atoms with Crippen LogP contribution in [0.25, 0.3) is 71.6 Å². The lowest BCUT2D eigenvalue weighted by atomic mass is 9.93. The van der Waals surface area contributed by atoms with Crippen molar-refractivity contribution in [3.05, 3.63) is 139 Å². The molecule has 0 unspecified atom stereocenters. The maximum atomic E-state index is 4.88. The largest absolute Gasteiger partial charge is 0.294 e. The molecule has 3 nitrogen and oxygen atoms in total. The first kappa shape index (κ1) is 27.3. The van der Waals surface area contributed by atoms with Crippen molar-refractivity contribution in [2.45, 2.75) is 39.0 Å². The Kier molecular flexibility index (Phi) is 7.07. The molecule has 1 saturated carbocycles. The second-order valence-electron chi connectivity index (χ2n) is 12.1. The third-order valence-electron chi connectivity index (χ3n) is 9.14. The number of para-hydroxylation sites is 2. The summed E-state index contributed by atoms with van der Waals surface area (Å²) in [5.41, 5.74) is 6.71. The molecule has 3 heteroatoms. The molecule has 0 radical (unpaired) electrons. The van der Waals surface area contributed by atoms with Crippen molar-refractivity contribution in [3.8, 4) is 28.2 Å². The maximum Gasteiger partial charge on any atom is 0.141 e. The van der Waals surface area contributed by atoms with Gasteiger partial charge in [0.05, 0.1) is 16.7 Å². The molecule has 2 heterocycles. The Bertz CT molecular complexity index is 2250. The van der Waals surface area contributed by atoms with Gasteiger partial charge in [-0.25, -0.2) is 9.97 Å². The number of benzene rings is 6. The lowest BCUT2D eigenvalue weighted by Crippen LogP contribution is -2.02. The highest BCUT2D eigenvalue weighted by atomic mass is 15.1. The van der Waals surface area contributed by atoms with Crippen molar-refractivity contribution in [2.24, 2.45) is 0 Å². The SMILES string of the molecule is C1CCCC1.Cc1nc(-c2ccc(-c3cc4ccccc4c4ccccc34)cc2)cc(-n2c3ccccc3c3ccccc32)n1. The van der Waals surface area contributed by atoms with Crippen LogP contribution in [0.1, 0.15) is 37.9 Å². The van der Waals surface area contributed by atoms with Gasteiger partial charge in [-0.15, -0.1) is 0 Å². The van der Waals surface area contributed by atoms with E-state index in [0.29, 0.717) is 0 Å². The predicted octanol–water partition coefficient (Wildman–Crippen LogP) is 11.5. The van der Waals surface area contributed by atoms with Gasteiger partial charge in [0.1, 0.15) is 11.6 Å². The molecule has 218 valence electrons. The van der Waals surface area contributed by atoms with Crippen LogP contribution in [0.15, 0.2) is 133 Å². The fraction of sp³-hybridized carbons (Fsp3) is 0.143. The van der Waals surface area contributed by atoms with Crippen molar-refractivity contribution in [2.75, 3.05) is 0 Å². The van der Waals surface area contributed by atoms with E-state index in [1.807, 2.05) is 6.92 Å². The van der Waals surface area contributed by atoms with Crippen molar-refractivity contribution in [1.82, 2.24) is 14.5 Å². The fourth-order valence-electron chi connectivity index (χ4n) is 6.98. The molecule has 1 fully saturated rings. The highest BCUT2D eigenvalue weighted by Gasteiger charge is 2.15. The van der Waals surface area contributed by atoms with Crippen molar-refractivity contribution >= 4 is 43.4 Å². The molecule has 0 bridgehead atoms. The number of rotatable bonds is 3. The second kappa shape index (κ2) is 11.7. The van der Waals surface area contributed by atoms with E-state index >= 15 is 0 Å². The van der Waals surface area contributed by atoms with Crippen LogP contribution in [0.5, 0.6) is 0 Å². The zero-order valence-electron chi connectivity index (χ0n) is 25.6. The lowest BCUT2D eigenvalue weighted by molar-refractivity contribution is 0.886. The molecule has 1 aliphatic carbocycles. The molecule has 0 N–H and O–H groups in total.